The molecule has 1 aromatic carbocycles. The maximum absolute atomic E-state index is 13.5. The van der Waals surface area contributed by atoms with Crippen LogP contribution in [0.2, 0.25) is 0 Å². The van der Waals surface area contributed by atoms with Gasteiger partial charge in [0, 0.05) is 18.2 Å². The number of nitrogens with zero attached hydrogens (tertiary/aromatic N) is 2. The standard InChI is InChI=1S/C14H16FN3O2/c1-10-7-13(17-20-10)16-14(19)9-18(2)8-11-5-3-4-6-12(11)15/h3-7H,8-9H2,1-2H3,(H,16,17,19). The van der Waals surface area contributed by atoms with E-state index in [9.17, 15) is 9.18 Å². The van der Waals surface area contributed by atoms with Gasteiger partial charge in [0.05, 0.1) is 6.54 Å². The van der Waals surface area contributed by atoms with Crippen molar-refractivity contribution in [3.63, 3.8) is 0 Å². The first kappa shape index (κ1) is 14.2. The van der Waals surface area contributed by atoms with Crippen molar-refractivity contribution in [2.24, 2.45) is 0 Å². The lowest BCUT2D eigenvalue weighted by molar-refractivity contribution is -0.117. The van der Waals surface area contributed by atoms with E-state index in [0.717, 1.165) is 0 Å². The van der Waals surface area contributed by atoms with Gasteiger partial charge >= 0.3 is 0 Å². The molecular formula is C14H16FN3O2. The molecule has 5 nitrogen and oxygen atoms in total. The molecule has 6 heteroatoms. The number of amides is 1. The Morgan fingerprint density at radius 2 is 2.20 bits per heavy atom. The van der Waals surface area contributed by atoms with E-state index in [1.54, 1.807) is 43.1 Å². The lowest BCUT2D eigenvalue weighted by Gasteiger charge is -2.16. The Balaban J connectivity index is 1.86. The van der Waals surface area contributed by atoms with E-state index in [4.69, 9.17) is 4.52 Å². The van der Waals surface area contributed by atoms with Crippen LogP contribution < -0.4 is 5.32 Å². The number of anilines is 1. The van der Waals surface area contributed by atoms with Crippen molar-refractivity contribution in [2.75, 3.05) is 18.9 Å². The average Bonchev–Trinajstić information content (AvgIpc) is 2.77. The van der Waals surface area contributed by atoms with E-state index in [1.165, 1.54) is 6.07 Å². The van der Waals surface area contributed by atoms with Crippen LogP contribution in [-0.2, 0) is 11.3 Å². The predicted octanol–water partition coefficient (Wildman–Crippen LogP) is 2.19. The molecule has 2 aromatic rings. The van der Waals surface area contributed by atoms with Gasteiger partial charge in [-0.2, -0.15) is 0 Å². The molecular weight excluding hydrogens is 261 g/mol. The molecule has 1 N–H and O–H groups in total. The Morgan fingerprint density at radius 1 is 1.45 bits per heavy atom. The van der Waals surface area contributed by atoms with Crippen molar-refractivity contribution in [3.05, 3.63) is 47.5 Å². The van der Waals surface area contributed by atoms with E-state index in [0.29, 0.717) is 23.7 Å². The van der Waals surface area contributed by atoms with Crippen LogP contribution in [0.25, 0.3) is 0 Å². The third kappa shape index (κ3) is 3.89. The summed E-state index contributed by atoms with van der Waals surface area (Å²) in [6, 6.07) is 8.14. The lowest BCUT2D eigenvalue weighted by Crippen LogP contribution is -2.30. The highest BCUT2D eigenvalue weighted by Gasteiger charge is 2.11. The highest BCUT2D eigenvalue weighted by atomic mass is 19.1. The highest BCUT2D eigenvalue weighted by Crippen LogP contribution is 2.10. The van der Waals surface area contributed by atoms with Crippen molar-refractivity contribution < 1.29 is 13.7 Å². The fourth-order valence-electron chi connectivity index (χ4n) is 1.83. The molecule has 0 aliphatic carbocycles. The number of carbonyl (C=O) groups is 1. The minimum absolute atomic E-state index is 0.139. The second-order valence-electron chi connectivity index (χ2n) is 4.63. The van der Waals surface area contributed by atoms with Gasteiger partial charge in [0.2, 0.25) is 5.91 Å². The van der Waals surface area contributed by atoms with Gasteiger partial charge in [0.25, 0.3) is 0 Å². The summed E-state index contributed by atoms with van der Waals surface area (Å²) in [6.45, 7) is 2.24. The summed E-state index contributed by atoms with van der Waals surface area (Å²) in [7, 11) is 1.75. The summed E-state index contributed by atoms with van der Waals surface area (Å²) < 4.78 is 18.3. The Labute approximate surface area is 116 Å². The summed E-state index contributed by atoms with van der Waals surface area (Å²) in [6.07, 6.45) is 0. The Kier molecular flexibility index (Phi) is 4.47. The molecule has 0 fully saturated rings. The molecule has 2 rings (SSSR count). The third-order valence-electron chi connectivity index (χ3n) is 2.71. The monoisotopic (exact) mass is 277 g/mol. The van der Waals surface area contributed by atoms with E-state index in [1.807, 2.05) is 0 Å². The van der Waals surface area contributed by atoms with Gasteiger partial charge in [-0.3, -0.25) is 9.69 Å². The van der Waals surface area contributed by atoms with Crippen LogP contribution in [0.3, 0.4) is 0 Å². The molecule has 0 aliphatic rings. The smallest absolute Gasteiger partial charge is 0.239 e. The number of hydrogen-bond acceptors (Lipinski definition) is 4. The first-order valence-electron chi connectivity index (χ1n) is 6.19. The minimum Gasteiger partial charge on any atom is -0.360 e. The zero-order chi connectivity index (χ0) is 14.5. The molecule has 0 saturated carbocycles. The quantitative estimate of drug-likeness (QED) is 0.910. The summed E-state index contributed by atoms with van der Waals surface area (Å²) >= 11 is 0. The van der Waals surface area contributed by atoms with E-state index in [2.05, 4.69) is 10.5 Å². The van der Waals surface area contributed by atoms with Crippen LogP contribution in [0.5, 0.6) is 0 Å². The third-order valence-corrected chi connectivity index (χ3v) is 2.71. The molecule has 0 spiro atoms. The van der Waals surface area contributed by atoms with Gasteiger partial charge in [-0.1, -0.05) is 23.4 Å². The molecule has 1 heterocycles. The minimum atomic E-state index is -0.271. The molecule has 1 aromatic heterocycles. The topological polar surface area (TPSA) is 58.4 Å². The molecule has 0 bridgehead atoms. The number of halogens is 1. The molecule has 0 unspecified atom stereocenters. The molecule has 0 saturated heterocycles. The largest absolute Gasteiger partial charge is 0.360 e. The van der Waals surface area contributed by atoms with Crippen LogP contribution in [0.1, 0.15) is 11.3 Å². The zero-order valence-electron chi connectivity index (χ0n) is 11.4. The van der Waals surface area contributed by atoms with Crippen molar-refractivity contribution in [1.82, 2.24) is 10.1 Å². The summed E-state index contributed by atoms with van der Waals surface area (Å²) in [4.78, 5) is 13.5. The maximum atomic E-state index is 13.5. The molecule has 20 heavy (non-hydrogen) atoms. The molecule has 0 atom stereocenters. The van der Waals surface area contributed by atoms with Crippen LogP contribution in [0.4, 0.5) is 10.2 Å². The molecule has 0 aliphatic heterocycles. The van der Waals surface area contributed by atoms with E-state index < -0.39 is 0 Å². The van der Waals surface area contributed by atoms with Gasteiger partial charge < -0.3 is 9.84 Å². The SMILES string of the molecule is Cc1cc(NC(=O)CN(C)Cc2ccccc2F)no1. The Hall–Kier alpha value is -2.21. The van der Waals surface area contributed by atoms with Crippen LogP contribution in [-0.4, -0.2) is 29.6 Å². The number of hydrogen-bond donors (Lipinski definition) is 1. The summed E-state index contributed by atoms with van der Waals surface area (Å²) in [5.41, 5.74) is 0.556. The molecule has 1 amide bonds. The van der Waals surface area contributed by atoms with Crippen LogP contribution >= 0.6 is 0 Å². The number of carbonyl (C=O) groups excluding carboxylic acids is 1. The van der Waals surface area contributed by atoms with E-state index in [-0.39, 0.29) is 18.3 Å². The fourth-order valence-corrected chi connectivity index (χ4v) is 1.83. The van der Waals surface area contributed by atoms with Gasteiger partial charge in [-0.15, -0.1) is 0 Å². The maximum Gasteiger partial charge on any atom is 0.239 e. The Bertz CT molecular complexity index is 598. The van der Waals surface area contributed by atoms with Gasteiger partial charge in [0.15, 0.2) is 5.82 Å². The van der Waals surface area contributed by atoms with Crippen molar-refractivity contribution >= 4 is 11.7 Å². The first-order chi connectivity index (χ1) is 9.54. The number of aryl methyl sites for hydroxylation is 1. The number of likely N-dealkylation sites (N-methyl/N-ethyl adjacent to an activating group) is 1. The molecule has 106 valence electrons. The van der Waals surface area contributed by atoms with Gasteiger partial charge in [-0.05, 0) is 20.0 Å². The summed E-state index contributed by atoms with van der Waals surface area (Å²) in [5, 5.41) is 6.29. The normalized spacial score (nSPS) is 10.8. The van der Waals surface area contributed by atoms with Crippen LogP contribution in [0.15, 0.2) is 34.9 Å². The second kappa shape index (κ2) is 6.29. The lowest BCUT2D eigenvalue weighted by atomic mass is 10.2. The van der Waals surface area contributed by atoms with Crippen molar-refractivity contribution in [3.8, 4) is 0 Å². The Morgan fingerprint density at radius 3 is 2.85 bits per heavy atom. The predicted molar refractivity (Wildman–Crippen MR) is 72.6 cm³/mol. The summed E-state index contributed by atoms with van der Waals surface area (Å²) in [5.74, 6) is 0.510. The number of benzene rings is 1. The molecule has 0 radical (unpaired) electrons. The number of aromatic nitrogens is 1. The fraction of sp³-hybridized carbons (Fsp3) is 0.286. The van der Waals surface area contributed by atoms with Gasteiger partial charge in [0.1, 0.15) is 11.6 Å². The van der Waals surface area contributed by atoms with Crippen molar-refractivity contribution in [1.29, 1.82) is 0 Å². The average molecular weight is 277 g/mol. The zero-order valence-corrected chi connectivity index (χ0v) is 11.4. The van der Waals surface area contributed by atoms with Crippen LogP contribution in [0, 0.1) is 12.7 Å². The first-order valence-corrected chi connectivity index (χ1v) is 6.19. The number of nitrogens with one attached hydrogen (secondary N) is 1. The number of rotatable bonds is 5. The van der Waals surface area contributed by atoms with Crippen molar-refractivity contribution in [2.45, 2.75) is 13.5 Å². The van der Waals surface area contributed by atoms with Gasteiger partial charge in [-0.25, -0.2) is 4.39 Å². The second-order valence-corrected chi connectivity index (χ2v) is 4.63. The highest BCUT2D eigenvalue weighted by molar-refractivity contribution is 5.91. The van der Waals surface area contributed by atoms with E-state index >= 15 is 0 Å².